The Balaban J connectivity index is 1.81. The Morgan fingerprint density at radius 3 is 1.62 bits per heavy atom. The van der Waals surface area contributed by atoms with Crippen LogP contribution in [0.3, 0.4) is 0 Å². The summed E-state index contributed by atoms with van der Waals surface area (Å²) in [6.07, 6.45) is 16.5. The van der Waals surface area contributed by atoms with Gasteiger partial charge in [0.1, 0.15) is 0 Å². The van der Waals surface area contributed by atoms with Gasteiger partial charge in [0.15, 0.2) is 0 Å². The summed E-state index contributed by atoms with van der Waals surface area (Å²) in [5, 5.41) is 0. The van der Waals surface area contributed by atoms with Crippen molar-refractivity contribution in [2.75, 3.05) is 5.75 Å². The highest BCUT2D eigenvalue weighted by atomic mass is 32.1. The van der Waals surface area contributed by atoms with Crippen LogP contribution in [0.5, 0.6) is 0 Å². The van der Waals surface area contributed by atoms with Crippen molar-refractivity contribution in [1.29, 1.82) is 0 Å². The third kappa shape index (κ3) is 3.68. The lowest BCUT2D eigenvalue weighted by atomic mass is 9.83. The van der Waals surface area contributed by atoms with Crippen LogP contribution in [0, 0.1) is 17.8 Å². The summed E-state index contributed by atoms with van der Waals surface area (Å²) in [5.74, 6) is 4.23. The second-order valence-electron chi connectivity index (χ2n) is 6.07. The van der Waals surface area contributed by atoms with Gasteiger partial charge in [-0.15, -0.1) is 0 Å². The van der Waals surface area contributed by atoms with Crippen LogP contribution in [-0.4, -0.2) is 5.75 Å². The molecule has 2 atom stereocenters. The highest BCUT2D eigenvalue weighted by Crippen LogP contribution is 2.38. The van der Waals surface area contributed by atoms with E-state index in [-0.39, 0.29) is 0 Å². The minimum Gasteiger partial charge on any atom is -0.179 e. The van der Waals surface area contributed by atoms with E-state index in [1.165, 1.54) is 57.8 Å². The van der Waals surface area contributed by atoms with Gasteiger partial charge in [0, 0.05) is 0 Å². The van der Waals surface area contributed by atoms with Gasteiger partial charge in [0.05, 0.1) is 0 Å². The van der Waals surface area contributed by atoms with E-state index in [1.54, 1.807) is 12.8 Å². The summed E-state index contributed by atoms with van der Waals surface area (Å²) in [4.78, 5) is 0. The zero-order valence-electron chi connectivity index (χ0n) is 10.7. The van der Waals surface area contributed by atoms with E-state index in [0.717, 1.165) is 23.5 Å². The van der Waals surface area contributed by atoms with Gasteiger partial charge < -0.3 is 0 Å². The van der Waals surface area contributed by atoms with Gasteiger partial charge >= 0.3 is 0 Å². The van der Waals surface area contributed by atoms with Crippen LogP contribution in [0.25, 0.3) is 0 Å². The summed E-state index contributed by atoms with van der Waals surface area (Å²) < 4.78 is 0. The van der Waals surface area contributed by atoms with Crippen molar-refractivity contribution in [3.63, 3.8) is 0 Å². The van der Waals surface area contributed by atoms with E-state index in [2.05, 4.69) is 12.6 Å². The number of thiol groups is 1. The molecular formula is C15H28S. The highest BCUT2D eigenvalue weighted by molar-refractivity contribution is 7.80. The Kier molecular flexibility index (Phi) is 5.55. The van der Waals surface area contributed by atoms with Gasteiger partial charge in [-0.3, -0.25) is 0 Å². The minimum absolute atomic E-state index is 0.922. The third-order valence-electron chi connectivity index (χ3n) is 4.95. The van der Waals surface area contributed by atoms with Crippen molar-refractivity contribution in [2.45, 2.75) is 70.6 Å². The molecule has 0 aliphatic heterocycles. The molecule has 0 bridgehead atoms. The fourth-order valence-electron chi connectivity index (χ4n) is 3.88. The second kappa shape index (κ2) is 6.93. The predicted octanol–water partition coefficient (Wildman–Crippen LogP) is 5.08. The molecule has 0 N–H and O–H groups in total. The van der Waals surface area contributed by atoms with E-state index in [4.69, 9.17) is 0 Å². The first kappa shape index (κ1) is 12.8. The van der Waals surface area contributed by atoms with Gasteiger partial charge in [-0.05, 0) is 36.3 Å². The molecule has 2 aliphatic rings. The van der Waals surface area contributed by atoms with Gasteiger partial charge in [0.2, 0.25) is 0 Å². The highest BCUT2D eigenvalue weighted by Gasteiger charge is 2.25. The zero-order valence-corrected chi connectivity index (χ0v) is 11.6. The smallest absolute Gasteiger partial charge is 0.00695 e. The second-order valence-corrected chi connectivity index (χ2v) is 6.43. The molecule has 0 radical (unpaired) electrons. The van der Waals surface area contributed by atoms with E-state index in [0.29, 0.717) is 0 Å². The molecule has 2 aliphatic carbocycles. The number of rotatable bonds is 2. The molecule has 0 amide bonds. The standard InChI is InChI=1S/C15H28S/c16-12-13-6-1-2-8-15(11-5-7-13)14-9-3-4-10-14/h13-16H,1-12H2/t13?,15-/m0/s1. The van der Waals surface area contributed by atoms with Gasteiger partial charge in [0.25, 0.3) is 0 Å². The van der Waals surface area contributed by atoms with E-state index in [1.807, 2.05) is 0 Å². The molecular weight excluding hydrogens is 212 g/mol. The lowest BCUT2D eigenvalue weighted by molar-refractivity contribution is 0.288. The van der Waals surface area contributed by atoms with Crippen molar-refractivity contribution in [1.82, 2.24) is 0 Å². The average molecular weight is 240 g/mol. The first-order chi connectivity index (χ1) is 7.90. The normalized spacial score (nSPS) is 34.3. The molecule has 0 heterocycles. The summed E-state index contributed by atoms with van der Waals surface area (Å²) in [6.45, 7) is 0. The largest absolute Gasteiger partial charge is 0.179 e. The number of hydrogen-bond acceptors (Lipinski definition) is 1. The molecule has 2 fully saturated rings. The van der Waals surface area contributed by atoms with Gasteiger partial charge in [-0.25, -0.2) is 0 Å². The van der Waals surface area contributed by atoms with Crippen LogP contribution in [0.15, 0.2) is 0 Å². The average Bonchev–Trinajstić information content (AvgIpc) is 2.85. The van der Waals surface area contributed by atoms with Crippen LogP contribution in [0.4, 0.5) is 0 Å². The molecule has 0 aromatic carbocycles. The van der Waals surface area contributed by atoms with Crippen LogP contribution in [0.1, 0.15) is 70.6 Å². The molecule has 0 aromatic rings. The quantitative estimate of drug-likeness (QED) is 0.639. The summed E-state index contributed by atoms with van der Waals surface area (Å²) >= 11 is 4.49. The Morgan fingerprint density at radius 2 is 1.06 bits per heavy atom. The lowest BCUT2D eigenvalue weighted by Gasteiger charge is -2.22. The van der Waals surface area contributed by atoms with Crippen LogP contribution < -0.4 is 0 Å². The molecule has 94 valence electrons. The number of hydrogen-bond donors (Lipinski definition) is 1. The molecule has 16 heavy (non-hydrogen) atoms. The fraction of sp³-hybridized carbons (Fsp3) is 1.00. The molecule has 1 unspecified atom stereocenters. The summed E-state index contributed by atoms with van der Waals surface area (Å²) in [5.41, 5.74) is 0. The van der Waals surface area contributed by atoms with Gasteiger partial charge in [-0.2, -0.15) is 12.6 Å². The molecule has 0 spiro atoms. The monoisotopic (exact) mass is 240 g/mol. The molecule has 0 nitrogen and oxygen atoms in total. The summed E-state index contributed by atoms with van der Waals surface area (Å²) in [6, 6.07) is 0. The first-order valence-electron chi connectivity index (χ1n) is 7.51. The van der Waals surface area contributed by atoms with Crippen molar-refractivity contribution in [3.05, 3.63) is 0 Å². The molecule has 2 rings (SSSR count). The van der Waals surface area contributed by atoms with Crippen LogP contribution >= 0.6 is 12.6 Å². The van der Waals surface area contributed by atoms with E-state index in [9.17, 15) is 0 Å². The third-order valence-corrected chi connectivity index (χ3v) is 5.47. The van der Waals surface area contributed by atoms with E-state index >= 15 is 0 Å². The van der Waals surface area contributed by atoms with Crippen molar-refractivity contribution >= 4 is 12.6 Å². The maximum atomic E-state index is 4.49. The summed E-state index contributed by atoms with van der Waals surface area (Å²) in [7, 11) is 0. The maximum absolute atomic E-state index is 4.49. The van der Waals surface area contributed by atoms with Crippen molar-refractivity contribution in [2.24, 2.45) is 17.8 Å². The first-order valence-corrected chi connectivity index (χ1v) is 8.14. The van der Waals surface area contributed by atoms with Crippen molar-refractivity contribution < 1.29 is 0 Å². The molecule has 0 saturated heterocycles. The minimum atomic E-state index is 0.922. The van der Waals surface area contributed by atoms with Crippen LogP contribution in [0.2, 0.25) is 0 Å². The SMILES string of the molecule is SCC1CCCC[C@H](C2CCCC2)CCC1. The fourth-order valence-corrected chi connectivity index (χ4v) is 4.24. The predicted molar refractivity (Wildman–Crippen MR) is 75.1 cm³/mol. The topological polar surface area (TPSA) is 0 Å². The molecule has 2 saturated carbocycles. The Morgan fingerprint density at radius 1 is 0.625 bits per heavy atom. The Bertz CT molecular complexity index is 184. The van der Waals surface area contributed by atoms with E-state index < -0.39 is 0 Å². The Labute approximate surface area is 107 Å². The zero-order chi connectivity index (χ0) is 11.2. The van der Waals surface area contributed by atoms with Crippen LogP contribution in [-0.2, 0) is 0 Å². The lowest BCUT2D eigenvalue weighted by Crippen LogP contribution is -2.11. The molecule has 0 aromatic heterocycles. The van der Waals surface area contributed by atoms with Crippen molar-refractivity contribution in [3.8, 4) is 0 Å². The van der Waals surface area contributed by atoms with Gasteiger partial charge in [-0.1, -0.05) is 57.8 Å². The maximum Gasteiger partial charge on any atom is -0.00695 e. The molecule has 1 heteroatoms. The Hall–Kier alpha value is 0.350.